The van der Waals surface area contributed by atoms with Crippen LogP contribution in [0.25, 0.3) is 0 Å². The second-order valence-corrected chi connectivity index (χ2v) is 6.12. The maximum absolute atomic E-state index is 11.5. The first-order valence-corrected chi connectivity index (χ1v) is 7.11. The highest BCUT2D eigenvalue weighted by Crippen LogP contribution is 2.25. The van der Waals surface area contributed by atoms with E-state index >= 15 is 0 Å². The first-order valence-electron chi connectivity index (χ1n) is 7.11. The lowest BCUT2D eigenvalue weighted by Crippen LogP contribution is -2.39. The number of aliphatic hydroxyl groups is 2. The minimum atomic E-state index is -1.15. The van der Waals surface area contributed by atoms with Gasteiger partial charge in [0.05, 0.1) is 7.11 Å². The number of nitrogens with one attached hydrogen (secondary N) is 1. The Balaban J connectivity index is 2.65. The fourth-order valence-corrected chi connectivity index (χ4v) is 1.89. The van der Waals surface area contributed by atoms with Crippen molar-refractivity contribution in [3.05, 3.63) is 29.3 Å². The molecule has 0 radical (unpaired) electrons. The standard InChI is InChI=1S/C16H25NO5/c1-10-6-7-11(21-5)8-12(10)14(19)13(18)9-17-15(20)22-16(2,3)4/h6-8,13-14,18-19H,9H2,1-5H3,(H,17,20). The van der Waals surface area contributed by atoms with Crippen LogP contribution in [0.1, 0.15) is 38.0 Å². The molecule has 0 fully saturated rings. The number of ether oxygens (including phenoxy) is 2. The molecule has 0 saturated carbocycles. The predicted octanol–water partition coefficient (Wildman–Crippen LogP) is 1.92. The van der Waals surface area contributed by atoms with Crippen LogP contribution in [-0.4, -0.2) is 41.7 Å². The van der Waals surface area contributed by atoms with E-state index in [1.807, 2.05) is 6.92 Å². The SMILES string of the molecule is COc1ccc(C)c(C(O)C(O)CNC(=O)OC(C)(C)C)c1. The topological polar surface area (TPSA) is 88.0 Å². The van der Waals surface area contributed by atoms with E-state index in [1.54, 1.807) is 39.0 Å². The number of benzene rings is 1. The van der Waals surface area contributed by atoms with Gasteiger partial charge in [-0.2, -0.15) is 0 Å². The number of amides is 1. The van der Waals surface area contributed by atoms with Gasteiger partial charge in [0.1, 0.15) is 23.6 Å². The van der Waals surface area contributed by atoms with Crippen molar-refractivity contribution in [2.45, 2.75) is 45.5 Å². The van der Waals surface area contributed by atoms with Crippen molar-refractivity contribution < 1.29 is 24.5 Å². The highest BCUT2D eigenvalue weighted by molar-refractivity contribution is 5.67. The van der Waals surface area contributed by atoms with E-state index < -0.39 is 23.9 Å². The number of rotatable bonds is 5. The number of hydrogen-bond donors (Lipinski definition) is 3. The predicted molar refractivity (Wildman–Crippen MR) is 82.9 cm³/mol. The first-order chi connectivity index (χ1) is 10.1. The van der Waals surface area contributed by atoms with Gasteiger partial charge in [0, 0.05) is 6.54 Å². The second kappa shape index (κ2) is 7.47. The van der Waals surface area contributed by atoms with Gasteiger partial charge in [0.25, 0.3) is 0 Å². The zero-order chi connectivity index (χ0) is 16.9. The van der Waals surface area contributed by atoms with Gasteiger partial charge in [-0.05, 0) is 51.0 Å². The van der Waals surface area contributed by atoms with Crippen molar-refractivity contribution in [3.8, 4) is 5.75 Å². The fraction of sp³-hybridized carbons (Fsp3) is 0.562. The van der Waals surface area contributed by atoms with Gasteiger partial charge in [-0.1, -0.05) is 6.07 Å². The smallest absolute Gasteiger partial charge is 0.407 e. The molecule has 1 aromatic carbocycles. The number of aliphatic hydroxyl groups excluding tert-OH is 2. The Hall–Kier alpha value is -1.79. The average molecular weight is 311 g/mol. The van der Waals surface area contributed by atoms with Gasteiger partial charge >= 0.3 is 6.09 Å². The Morgan fingerprint density at radius 2 is 1.95 bits per heavy atom. The Kier molecular flexibility index (Phi) is 6.20. The Morgan fingerprint density at radius 1 is 1.32 bits per heavy atom. The molecule has 0 aliphatic heterocycles. The number of methoxy groups -OCH3 is 1. The molecule has 0 bridgehead atoms. The molecule has 2 unspecified atom stereocenters. The molecule has 0 saturated heterocycles. The Labute approximate surface area is 131 Å². The molecule has 1 rings (SSSR count). The maximum atomic E-state index is 11.5. The molecule has 0 aromatic heterocycles. The van der Waals surface area contributed by atoms with Gasteiger partial charge < -0.3 is 25.0 Å². The third-order valence-corrected chi connectivity index (χ3v) is 3.02. The highest BCUT2D eigenvalue weighted by atomic mass is 16.6. The molecular weight excluding hydrogens is 286 g/mol. The number of alkyl carbamates (subject to hydrolysis) is 1. The van der Waals surface area contributed by atoms with E-state index in [0.29, 0.717) is 11.3 Å². The molecule has 124 valence electrons. The van der Waals surface area contributed by atoms with Gasteiger partial charge in [-0.15, -0.1) is 0 Å². The first kappa shape index (κ1) is 18.3. The largest absolute Gasteiger partial charge is 0.497 e. The van der Waals surface area contributed by atoms with Crippen molar-refractivity contribution in [1.29, 1.82) is 0 Å². The van der Waals surface area contributed by atoms with E-state index in [1.165, 1.54) is 7.11 Å². The molecule has 0 aliphatic rings. The van der Waals surface area contributed by atoms with Crippen molar-refractivity contribution in [1.82, 2.24) is 5.32 Å². The summed E-state index contributed by atoms with van der Waals surface area (Å²) in [6, 6.07) is 5.24. The normalized spacial score (nSPS) is 14.1. The van der Waals surface area contributed by atoms with Crippen LogP contribution >= 0.6 is 0 Å². The molecule has 3 N–H and O–H groups in total. The number of hydrogen-bond acceptors (Lipinski definition) is 5. The molecular formula is C16H25NO5. The second-order valence-electron chi connectivity index (χ2n) is 6.12. The lowest BCUT2D eigenvalue weighted by Gasteiger charge is -2.23. The monoisotopic (exact) mass is 311 g/mol. The number of carbonyl (C=O) groups excluding carboxylic acids is 1. The molecule has 0 spiro atoms. The molecule has 2 atom stereocenters. The van der Waals surface area contributed by atoms with Gasteiger partial charge in [-0.3, -0.25) is 0 Å². The molecule has 6 heteroatoms. The molecule has 0 heterocycles. The third kappa shape index (κ3) is 5.54. The summed E-state index contributed by atoms with van der Waals surface area (Å²) in [5.41, 5.74) is 0.763. The number of aryl methyl sites for hydroxylation is 1. The maximum Gasteiger partial charge on any atom is 0.407 e. The van der Waals surface area contributed by atoms with Crippen LogP contribution < -0.4 is 10.1 Å². The van der Waals surface area contributed by atoms with Crippen LogP contribution in [0, 0.1) is 6.92 Å². The molecule has 22 heavy (non-hydrogen) atoms. The zero-order valence-electron chi connectivity index (χ0n) is 13.7. The third-order valence-electron chi connectivity index (χ3n) is 3.02. The van der Waals surface area contributed by atoms with Crippen LogP contribution in [0.2, 0.25) is 0 Å². The van der Waals surface area contributed by atoms with E-state index in [9.17, 15) is 15.0 Å². The highest BCUT2D eigenvalue weighted by Gasteiger charge is 2.23. The quantitative estimate of drug-likeness (QED) is 0.773. The lowest BCUT2D eigenvalue weighted by molar-refractivity contribution is 0.0125. The summed E-state index contributed by atoms with van der Waals surface area (Å²) in [4.78, 5) is 11.5. The average Bonchev–Trinajstić information content (AvgIpc) is 2.42. The molecule has 1 amide bonds. The van der Waals surface area contributed by atoms with Crippen LogP contribution in [0.15, 0.2) is 18.2 Å². The van der Waals surface area contributed by atoms with E-state index in [0.717, 1.165) is 5.56 Å². The van der Waals surface area contributed by atoms with Gasteiger partial charge in [0.15, 0.2) is 0 Å². The summed E-state index contributed by atoms with van der Waals surface area (Å²) in [7, 11) is 1.53. The van der Waals surface area contributed by atoms with E-state index in [2.05, 4.69) is 5.32 Å². The fourth-order valence-electron chi connectivity index (χ4n) is 1.89. The number of carbonyl (C=O) groups is 1. The van der Waals surface area contributed by atoms with Crippen molar-refractivity contribution in [3.63, 3.8) is 0 Å². The van der Waals surface area contributed by atoms with Crippen LogP contribution in [0.3, 0.4) is 0 Å². The van der Waals surface area contributed by atoms with E-state index in [4.69, 9.17) is 9.47 Å². The van der Waals surface area contributed by atoms with Gasteiger partial charge in [-0.25, -0.2) is 4.79 Å². The zero-order valence-corrected chi connectivity index (χ0v) is 13.7. The molecule has 1 aromatic rings. The minimum Gasteiger partial charge on any atom is -0.497 e. The minimum absolute atomic E-state index is 0.118. The van der Waals surface area contributed by atoms with Crippen LogP contribution in [-0.2, 0) is 4.74 Å². The Morgan fingerprint density at radius 3 is 2.50 bits per heavy atom. The van der Waals surface area contributed by atoms with E-state index in [-0.39, 0.29) is 6.54 Å². The summed E-state index contributed by atoms with van der Waals surface area (Å²) >= 11 is 0. The van der Waals surface area contributed by atoms with Crippen molar-refractivity contribution in [2.24, 2.45) is 0 Å². The molecule has 0 aliphatic carbocycles. The van der Waals surface area contributed by atoms with Crippen molar-refractivity contribution in [2.75, 3.05) is 13.7 Å². The summed E-state index contributed by atoms with van der Waals surface area (Å²) < 4.78 is 10.2. The summed E-state index contributed by atoms with van der Waals surface area (Å²) in [5, 5.41) is 22.7. The summed E-state index contributed by atoms with van der Waals surface area (Å²) in [6.45, 7) is 6.95. The van der Waals surface area contributed by atoms with Crippen LogP contribution in [0.5, 0.6) is 5.75 Å². The summed E-state index contributed by atoms with van der Waals surface area (Å²) in [6.07, 6.45) is -2.93. The van der Waals surface area contributed by atoms with Crippen LogP contribution in [0.4, 0.5) is 4.79 Å². The van der Waals surface area contributed by atoms with Crippen molar-refractivity contribution >= 4 is 6.09 Å². The summed E-state index contributed by atoms with van der Waals surface area (Å²) in [5.74, 6) is 0.590. The van der Waals surface area contributed by atoms with Gasteiger partial charge in [0.2, 0.25) is 0 Å². The lowest BCUT2D eigenvalue weighted by atomic mass is 9.99. The molecule has 6 nitrogen and oxygen atoms in total. The Bertz CT molecular complexity index is 510.